The Hall–Kier alpha value is -1.82. The van der Waals surface area contributed by atoms with E-state index in [1.165, 1.54) is 0 Å². The fourth-order valence-electron chi connectivity index (χ4n) is 2.68. The highest BCUT2D eigenvalue weighted by Gasteiger charge is 2.20. The van der Waals surface area contributed by atoms with Crippen LogP contribution in [-0.4, -0.2) is 60.2 Å². The van der Waals surface area contributed by atoms with Gasteiger partial charge in [-0.15, -0.1) is 0 Å². The normalized spacial score (nSPS) is 17.2. The molecule has 6 heteroatoms. The van der Waals surface area contributed by atoms with Gasteiger partial charge in [0.2, 0.25) is 0 Å². The Morgan fingerprint density at radius 1 is 1.39 bits per heavy atom. The van der Waals surface area contributed by atoms with Crippen LogP contribution < -0.4 is 5.32 Å². The molecular weight excluding hydrogens is 290 g/mol. The molecule has 2 rings (SSSR count). The Morgan fingerprint density at radius 3 is 2.78 bits per heavy atom. The summed E-state index contributed by atoms with van der Waals surface area (Å²) >= 11 is 0. The molecule has 0 unspecified atom stereocenters. The van der Waals surface area contributed by atoms with Gasteiger partial charge in [0.05, 0.1) is 5.69 Å². The molecule has 0 atom stereocenters. The number of allylic oxidation sites excluding steroid dienone is 1. The molecule has 0 bridgehead atoms. The summed E-state index contributed by atoms with van der Waals surface area (Å²) in [4.78, 5) is 9.49. The van der Waals surface area contributed by atoms with Gasteiger partial charge in [-0.1, -0.05) is 17.3 Å². The third-order valence-electron chi connectivity index (χ3n) is 3.86. The molecule has 0 radical (unpaired) electrons. The van der Waals surface area contributed by atoms with Crippen molar-refractivity contribution in [3.8, 4) is 0 Å². The highest BCUT2D eigenvalue weighted by molar-refractivity contribution is 5.80. The van der Waals surface area contributed by atoms with Gasteiger partial charge in [-0.25, -0.2) is 0 Å². The average Bonchev–Trinajstić information content (AvgIpc) is 2.96. The standard InChI is InChI=1S/C17H29N5O/c1-4-6-7-8-19-17(18-5-2)22-11-9-21(10-12-22)14-16-13-15(3)23-20-16/h4,6,13H,5,7-12,14H2,1-3H3,(H,18,19)/b6-4+. The first-order chi connectivity index (χ1) is 11.2. The first kappa shape index (κ1) is 17.5. The van der Waals surface area contributed by atoms with E-state index in [1.807, 2.05) is 19.9 Å². The van der Waals surface area contributed by atoms with Gasteiger partial charge in [-0.2, -0.15) is 0 Å². The summed E-state index contributed by atoms with van der Waals surface area (Å²) < 4.78 is 5.14. The Morgan fingerprint density at radius 2 is 2.17 bits per heavy atom. The van der Waals surface area contributed by atoms with Gasteiger partial charge in [0.1, 0.15) is 5.76 Å². The van der Waals surface area contributed by atoms with Gasteiger partial charge in [0.25, 0.3) is 0 Å². The van der Waals surface area contributed by atoms with Crippen molar-refractivity contribution in [1.29, 1.82) is 0 Å². The van der Waals surface area contributed by atoms with Crippen LogP contribution in [0.5, 0.6) is 0 Å². The van der Waals surface area contributed by atoms with Gasteiger partial charge >= 0.3 is 0 Å². The molecule has 1 aromatic heterocycles. The van der Waals surface area contributed by atoms with Gasteiger partial charge in [0, 0.05) is 51.9 Å². The van der Waals surface area contributed by atoms with Crippen molar-refractivity contribution >= 4 is 5.96 Å². The molecule has 0 aromatic carbocycles. The van der Waals surface area contributed by atoms with Crippen molar-refractivity contribution in [3.63, 3.8) is 0 Å². The van der Waals surface area contributed by atoms with Crippen molar-refractivity contribution in [1.82, 2.24) is 20.3 Å². The minimum absolute atomic E-state index is 0.838. The topological polar surface area (TPSA) is 56.9 Å². The lowest BCUT2D eigenvalue weighted by molar-refractivity contribution is 0.169. The number of hydrogen-bond acceptors (Lipinski definition) is 4. The molecule has 0 amide bonds. The zero-order valence-corrected chi connectivity index (χ0v) is 14.6. The second-order valence-corrected chi connectivity index (χ2v) is 5.79. The number of rotatable bonds is 6. The molecule has 0 saturated carbocycles. The summed E-state index contributed by atoms with van der Waals surface area (Å²) in [6, 6.07) is 2.01. The third-order valence-corrected chi connectivity index (χ3v) is 3.86. The largest absolute Gasteiger partial charge is 0.361 e. The predicted octanol–water partition coefficient (Wildman–Crippen LogP) is 2.03. The van der Waals surface area contributed by atoms with E-state index in [2.05, 4.69) is 39.3 Å². The zero-order chi connectivity index (χ0) is 16.5. The molecule has 0 aliphatic carbocycles. The van der Waals surface area contributed by atoms with Gasteiger partial charge in [-0.3, -0.25) is 9.89 Å². The van der Waals surface area contributed by atoms with E-state index in [-0.39, 0.29) is 0 Å². The Balaban J connectivity index is 1.82. The van der Waals surface area contributed by atoms with Crippen LogP contribution in [0.2, 0.25) is 0 Å². The lowest BCUT2D eigenvalue weighted by Gasteiger charge is -2.36. The maximum Gasteiger partial charge on any atom is 0.194 e. The maximum absolute atomic E-state index is 5.14. The Kier molecular flexibility index (Phi) is 7.13. The maximum atomic E-state index is 5.14. The summed E-state index contributed by atoms with van der Waals surface area (Å²) in [5.74, 6) is 1.91. The van der Waals surface area contributed by atoms with Crippen LogP contribution in [0.15, 0.2) is 27.7 Å². The van der Waals surface area contributed by atoms with E-state index in [0.29, 0.717) is 0 Å². The number of aromatic nitrogens is 1. The first-order valence-corrected chi connectivity index (χ1v) is 8.52. The highest BCUT2D eigenvalue weighted by atomic mass is 16.5. The Labute approximate surface area is 139 Å². The van der Waals surface area contributed by atoms with E-state index >= 15 is 0 Å². The zero-order valence-electron chi connectivity index (χ0n) is 14.6. The molecule has 128 valence electrons. The van der Waals surface area contributed by atoms with Crippen LogP contribution in [-0.2, 0) is 6.54 Å². The number of guanidine groups is 1. The van der Waals surface area contributed by atoms with Crippen LogP contribution in [0.3, 0.4) is 0 Å². The molecule has 6 nitrogen and oxygen atoms in total. The molecular formula is C17H29N5O. The van der Waals surface area contributed by atoms with Crippen molar-refractivity contribution < 1.29 is 4.52 Å². The number of nitrogens with zero attached hydrogens (tertiary/aromatic N) is 4. The quantitative estimate of drug-likeness (QED) is 0.376. The summed E-state index contributed by atoms with van der Waals surface area (Å²) in [7, 11) is 0. The van der Waals surface area contributed by atoms with Crippen LogP contribution >= 0.6 is 0 Å². The lowest BCUT2D eigenvalue weighted by Crippen LogP contribution is -2.52. The van der Waals surface area contributed by atoms with Gasteiger partial charge < -0.3 is 14.7 Å². The van der Waals surface area contributed by atoms with Crippen molar-refractivity contribution in [2.75, 3.05) is 39.3 Å². The third kappa shape index (κ3) is 5.71. The predicted molar refractivity (Wildman–Crippen MR) is 93.5 cm³/mol. The van der Waals surface area contributed by atoms with Gasteiger partial charge in [-0.05, 0) is 27.2 Å². The summed E-state index contributed by atoms with van der Waals surface area (Å²) in [6.45, 7) is 12.7. The summed E-state index contributed by atoms with van der Waals surface area (Å²) in [5.41, 5.74) is 1.02. The molecule has 0 spiro atoms. The minimum atomic E-state index is 0.838. The minimum Gasteiger partial charge on any atom is -0.361 e. The van der Waals surface area contributed by atoms with Crippen molar-refractivity contribution in [2.24, 2.45) is 4.99 Å². The number of hydrogen-bond donors (Lipinski definition) is 1. The molecule has 1 aliphatic heterocycles. The SMILES string of the molecule is C/C=C/CCN=C(NCC)N1CCN(Cc2cc(C)on2)CC1. The van der Waals surface area contributed by atoms with E-state index in [9.17, 15) is 0 Å². The lowest BCUT2D eigenvalue weighted by atomic mass is 10.3. The van der Waals surface area contributed by atoms with E-state index in [0.717, 1.165) is 69.6 Å². The first-order valence-electron chi connectivity index (χ1n) is 8.52. The molecule has 1 fully saturated rings. The van der Waals surface area contributed by atoms with Gasteiger partial charge in [0.15, 0.2) is 5.96 Å². The fraction of sp³-hybridized carbons (Fsp3) is 0.647. The van der Waals surface area contributed by atoms with E-state index in [4.69, 9.17) is 9.52 Å². The van der Waals surface area contributed by atoms with Crippen LogP contribution in [0.25, 0.3) is 0 Å². The van der Waals surface area contributed by atoms with Crippen LogP contribution in [0.4, 0.5) is 0 Å². The molecule has 1 saturated heterocycles. The van der Waals surface area contributed by atoms with Crippen molar-refractivity contribution in [2.45, 2.75) is 33.7 Å². The molecule has 2 heterocycles. The summed E-state index contributed by atoms with van der Waals surface area (Å²) in [5, 5.41) is 7.48. The number of aryl methyl sites for hydroxylation is 1. The molecule has 23 heavy (non-hydrogen) atoms. The molecule has 1 N–H and O–H groups in total. The monoisotopic (exact) mass is 319 g/mol. The average molecular weight is 319 g/mol. The van der Waals surface area contributed by atoms with Crippen molar-refractivity contribution in [3.05, 3.63) is 29.7 Å². The van der Waals surface area contributed by atoms with E-state index < -0.39 is 0 Å². The summed E-state index contributed by atoms with van der Waals surface area (Å²) in [6.07, 6.45) is 5.23. The van der Waals surface area contributed by atoms with E-state index in [1.54, 1.807) is 0 Å². The number of nitrogens with one attached hydrogen (secondary N) is 1. The number of piperazine rings is 1. The highest BCUT2D eigenvalue weighted by Crippen LogP contribution is 2.09. The second kappa shape index (κ2) is 9.35. The Bertz CT molecular complexity index is 515. The second-order valence-electron chi connectivity index (χ2n) is 5.79. The smallest absolute Gasteiger partial charge is 0.194 e. The van der Waals surface area contributed by atoms with Crippen LogP contribution in [0, 0.1) is 6.92 Å². The van der Waals surface area contributed by atoms with Crippen LogP contribution in [0.1, 0.15) is 31.7 Å². The molecule has 1 aliphatic rings. The number of aliphatic imine (C=N–C) groups is 1. The molecule has 1 aromatic rings. The fourth-order valence-corrected chi connectivity index (χ4v) is 2.68.